The van der Waals surface area contributed by atoms with Crippen molar-refractivity contribution in [3.63, 3.8) is 0 Å². The van der Waals surface area contributed by atoms with Crippen molar-refractivity contribution >= 4 is 10.1 Å². The maximum absolute atomic E-state index is 13.0. The van der Waals surface area contributed by atoms with E-state index in [0.717, 1.165) is 19.3 Å². The molecule has 2 unspecified atom stereocenters. The molecule has 3 nitrogen and oxygen atoms in total. The van der Waals surface area contributed by atoms with Gasteiger partial charge in [-0.25, -0.2) is 8.78 Å². The van der Waals surface area contributed by atoms with Crippen molar-refractivity contribution in [1.29, 1.82) is 0 Å². The molecule has 0 aromatic carbocycles. The van der Waals surface area contributed by atoms with Crippen LogP contribution in [0.2, 0.25) is 0 Å². The van der Waals surface area contributed by atoms with Crippen LogP contribution in [0.5, 0.6) is 0 Å². The maximum atomic E-state index is 13.0. The molecule has 0 saturated carbocycles. The molecule has 17 heavy (non-hydrogen) atoms. The summed E-state index contributed by atoms with van der Waals surface area (Å²) in [7, 11) is -4.94. The molecule has 0 saturated heterocycles. The number of alkyl halides is 3. The lowest BCUT2D eigenvalue weighted by atomic mass is 10.1. The van der Waals surface area contributed by atoms with E-state index in [4.69, 9.17) is 4.55 Å². The van der Waals surface area contributed by atoms with Crippen LogP contribution in [-0.2, 0) is 10.1 Å². The van der Waals surface area contributed by atoms with Crippen LogP contribution in [-0.4, -0.2) is 31.3 Å². The molecule has 0 fully saturated rings. The predicted molar refractivity (Wildman–Crippen MR) is 59.6 cm³/mol. The van der Waals surface area contributed by atoms with Gasteiger partial charge in [0, 0.05) is 0 Å². The summed E-state index contributed by atoms with van der Waals surface area (Å²) < 4.78 is 66.2. The maximum Gasteiger partial charge on any atom is 0.300 e. The quantitative estimate of drug-likeness (QED) is 0.492. The lowest BCUT2D eigenvalue weighted by Gasteiger charge is -2.10. The summed E-state index contributed by atoms with van der Waals surface area (Å²) >= 11 is 0. The normalized spacial score (nSPS) is 15.8. The molecule has 0 heterocycles. The molecule has 0 spiro atoms. The average molecular weight is 276 g/mol. The zero-order valence-corrected chi connectivity index (χ0v) is 10.4. The van der Waals surface area contributed by atoms with Gasteiger partial charge in [-0.15, -0.1) is 0 Å². The van der Waals surface area contributed by atoms with Gasteiger partial charge in [-0.2, -0.15) is 8.42 Å². The molecule has 0 aliphatic carbocycles. The number of hydrogen-bond acceptors (Lipinski definition) is 2. The second-order valence-corrected chi connectivity index (χ2v) is 5.46. The van der Waals surface area contributed by atoms with E-state index in [-0.39, 0.29) is 13.1 Å². The van der Waals surface area contributed by atoms with Crippen molar-refractivity contribution in [3.8, 4) is 0 Å². The molecule has 0 radical (unpaired) electrons. The summed E-state index contributed by atoms with van der Waals surface area (Å²) in [6.07, 6.45) is 1.49. The smallest absolute Gasteiger partial charge is 0.283 e. The Kier molecular flexibility index (Phi) is 8.59. The first-order chi connectivity index (χ1) is 7.89. The number of rotatable bonds is 10. The Labute approximate surface area is 100 Å². The van der Waals surface area contributed by atoms with Crippen LogP contribution < -0.4 is 0 Å². The SMILES string of the molecule is O=S(=O)(O)C(F)C(F)CCCCCCCCF. The van der Waals surface area contributed by atoms with Gasteiger partial charge in [0.2, 0.25) is 0 Å². The van der Waals surface area contributed by atoms with Crippen molar-refractivity contribution < 1.29 is 26.1 Å². The van der Waals surface area contributed by atoms with E-state index in [9.17, 15) is 21.6 Å². The second kappa shape index (κ2) is 8.74. The molecule has 104 valence electrons. The molecular weight excluding hydrogens is 257 g/mol. The summed E-state index contributed by atoms with van der Waals surface area (Å²) in [5.41, 5.74) is -2.85. The summed E-state index contributed by atoms with van der Waals surface area (Å²) in [5.74, 6) is 0. The molecule has 0 bridgehead atoms. The van der Waals surface area contributed by atoms with E-state index in [1.54, 1.807) is 0 Å². The molecule has 0 aliphatic rings. The zero-order chi connectivity index (χ0) is 13.3. The van der Waals surface area contributed by atoms with Crippen LogP contribution in [0, 0.1) is 0 Å². The topological polar surface area (TPSA) is 54.4 Å². The fourth-order valence-corrected chi connectivity index (χ4v) is 1.97. The van der Waals surface area contributed by atoms with Crippen LogP contribution in [0.4, 0.5) is 13.2 Å². The fraction of sp³-hybridized carbons (Fsp3) is 1.00. The molecule has 0 aliphatic heterocycles. The standard InChI is InChI=1S/C10H19F3O3S/c11-8-6-4-2-1-3-5-7-9(12)10(13)17(14,15)16/h9-10H,1-8H2,(H,14,15,16). The van der Waals surface area contributed by atoms with Crippen LogP contribution >= 0.6 is 0 Å². The van der Waals surface area contributed by atoms with E-state index in [1.807, 2.05) is 0 Å². The minimum Gasteiger partial charge on any atom is -0.283 e. The predicted octanol–water partition coefficient (Wildman–Crippen LogP) is 3.21. The van der Waals surface area contributed by atoms with Crippen molar-refractivity contribution in [2.75, 3.05) is 6.67 Å². The minimum atomic E-state index is -4.94. The van der Waals surface area contributed by atoms with Crippen molar-refractivity contribution in [3.05, 3.63) is 0 Å². The lowest BCUT2D eigenvalue weighted by molar-refractivity contribution is 0.200. The largest absolute Gasteiger partial charge is 0.300 e. The summed E-state index contributed by atoms with van der Waals surface area (Å²) in [4.78, 5) is 0. The first-order valence-corrected chi connectivity index (χ1v) is 7.20. The Morgan fingerprint density at radius 1 is 0.941 bits per heavy atom. The van der Waals surface area contributed by atoms with E-state index in [2.05, 4.69) is 0 Å². The number of unbranched alkanes of at least 4 members (excludes halogenated alkanes) is 5. The van der Waals surface area contributed by atoms with E-state index >= 15 is 0 Å². The Morgan fingerprint density at radius 3 is 1.88 bits per heavy atom. The summed E-state index contributed by atoms with van der Waals surface area (Å²) in [5, 5.41) is 0. The van der Waals surface area contributed by atoms with E-state index < -0.39 is 21.8 Å². The highest BCUT2D eigenvalue weighted by molar-refractivity contribution is 7.86. The number of halogens is 3. The molecular formula is C10H19F3O3S. The first-order valence-electron chi connectivity index (χ1n) is 5.70. The van der Waals surface area contributed by atoms with Crippen LogP contribution in [0.15, 0.2) is 0 Å². The number of hydrogen-bond donors (Lipinski definition) is 1. The van der Waals surface area contributed by atoms with Crippen molar-refractivity contribution in [2.24, 2.45) is 0 Å². The average Bonchev–Trinajstić information content (AvgIpc) is 2.25. The van der Waals surface area contributed by atoms with E-state index in [1.165, 1.54) is 0 Å². The van der Waals surface area contributed by atoms with Gasteiger partial charge in [-0.05, 0) is 12.8 Å². The molecule has 7 heteroatoms. The third kappa shape index (κ3) is 8.43. The first kappa shape index (κ1) is 16.7. The Bertz CT molecular complexity index is 283. The Morgan fingerprint density at radius 2 is 1.41 bits per heavy atom. The highest BCUT2D eigenvalue weighted by atomic mass is 32.2. The van der Waals surface area contributed by atoms with Gasteiger partial charge in [0.05, 0.1) is 6.67 Å². The Hall–Kier alpha value is -0.300. The zero-order valence-electron chi connectivity index (χ0n) is 9.62. The highest BCUT2D eigenvalue weighted by Crippen LogP contribution is 2.17. The van der Waals surface area contributed by atoms with E-state index in [0.29, 0.717) is 19.3 Å². The monoisotopic (exact) mass is 276 g/mol. The van der Waals surface area contributed by atoms with Crippen LogP contribution in [0.3, 0.4) is 0 Å². The molecule has 0 aromatic rings. The van der Waals surface area contributed by atoms with Gasteiger partial charge in [-0.1, -0.05) is 32.1 Å². The molecule has 0 rings (SSSR count). The van der Waals surface area contributed by atoms with Crippen LogP contribution in [0.1, 0.15) is 44.9 Å². The molecule has 0 aromatic heterocycles. The summed E-state index contributed by atoms with van der Waals surface area (Å²) in [6.45, 7) is -0.343. The second-order valence-electron chi connectivity index (χ2n) is 3.98. The molecule has 0 amide bonds. The third-order valence-corrected chi connectivity index (χ3v) is 3.30. The van der Waals surface area contributed by atoms with Gasteiger partial charge in [0.1, 0.15) is 6.17 Å². The van der Waals surface area contributed by atoms with Gasteiger partial charge in [0.15, 0.2) is 0 Å². The van der Waals surface area contributed by atoms with Gasteiger partial charge in [0.25, 0.3) is 5.50 Å². The minimum absolute atomic E-state index is 0.232. The summed E-state index contributed by atoms with van der Waals surface area (Å²) in [6, 6.07) is 0. The lowest BCUT2D eigenvalue weighted by Crippen LogP contribution is -2.26. The molecule has 1 N–H and O–H groups in total. The third-order valence-electron chi connectivity index (χ3n) is 2.43. The highest BCUT2D eigenvalue weighted by Gasteiger charge is 2.31. The van der Waals surface area contributed by atoms with Crippen LogP contribution in [0.25, 0.3) is 0 Å². The molecule has 2 atom stereocenters. The fourth-order valence-electron chi connectivity index (χ4n) is 1.46. The van der Waals surface area contributed by atoms with Crippen molar-refractivity contribution in [1.82, 2.24) is 0 Å². The van der Waals surface area contributed by atoms with Crippen molar-refractivity contribution in [2.45, 2.75) is 56.6 Å². The van der Waals surface area contributed by atoms with Gasteiger partial charge in [-0.3, -0.25) is 8.94 Å². The Balaban J connectivity index is 3.55. The van der Waals surface area contributed by atoms with Gasteiger partial charge < -0.3 is 0 Å². The van der Waals surface area contributed by atoms with Gasteiger partial charge >= 0.3 is 10.1 Å².